The van der Waals surface area contributed by atoms with E-state index in [0.29, 0.717) is 36.2 Å². The van der Waals surface area contributed by atoms with Crippen molar-refractivity contribution in [3.8, 4) is 0 Å². The molecule has 0 amide bonds. The van der Waals surface area contributed by atoms with Gasteiger partial charge in [-0.25, -0.2) is 22.3 Å². The van der Waals surface area contributed by atoms with Gasteiger partial charge in [-0.3, -0.25) is 0 Å². The lowest BCUT2D eigenvalue weighted by Gasteiger charge is -2.12. The van der Waals surface area contributed by atoms with Crippen LogP contribution in [0.1, 0.15) is 31.9 Å². The maximum Gasteiger partial charge on any atom is 0.338 e. The summed E-state index contributed by atoms with van der Waals surface area (Å²) in [6, 6.07) is 4.32. The van der Waals surface area contributed by atoms with Crippen molar-refractivity contribution in [1.82, 2.24) is 10.0 Å². The Bertz CT molecular complexity index is 938. The van der Waals surface area contributed by atoms with E-state index in [9.17, 15) is 22.7 Å². The van der Waals surface area contributed by atoms with Crippen LogP contribution in [0, 0.1) is 12.7 Å². The van der Waals surface area contributed by atoms with Crippen molar-refractivity contribution >= 4 is 27.3 Å². The van der Waals surface area contributed by atoms with Gasteiger partial charge in [0.2, 0.25) is 0 Å². The lowest BCUT2D eigenvalue weighted by Crippen LogP contribution is -2.25. The van der Waals surface area contributed by atoms with Crippen molar-refractivity contribution in [2.45, 2.75) is 30.6 Å². The summed E-state index contributed by atoms with van der Waals surface area (Å²) in [5, 5.41) is 12.6. The van der Waals surface area contributed by atoms with Crippen LogP contribution in [0.4, 0.5) is 4.39 Å². The molecule has 0 atom stereocenters. The molecule has 6 nitrogen and oxygen atoms in total. The first-order valence-electron chi connectivity index (χ1n) is 7.63. The van der Waals surface area contributed by atoms with E-state index in [1.54, 1.807) is 13.0 Å². The van der Waals surface area contributed by atoms with Crippen LogP contribution in [0.25, 0.3) is 0 Å². The fourth-order valence-electron chi connectivity index (χ4n) is 2.78. The molecule has 1 aliphatic rings. The van der Waals surface area contributed by atoms with Crippen LogP contribution in [0.2, 0.25) is 0 Å². The van der Waals surface area contributed by atoms with Crippen molar-refractivity contribution < 1.29 is 22.7 Å². The lowest BCUT2D eigenvalue weighted by atomic mass is 10.1. The molecule has 0 aliphatic carbocycles. The normalized spacial score (nSPS) is 14.3. The molecule has 0 saturated carbocycles. The van der Waals surface area contributed by atoms with E-state index in [1.165, 1.54) is 12.1 Å². The molecule has 0 spiro atoms. The fourth-order valence-corrected chi connectivity index (χ4v) is 5.70. The highest BCUT2D eigenvalue weighted by Crippen LogP contribution is 2.34. The molecule has 0 bridgehead atoms. The minimum atomic E-state index is -3.99. The number of benzene rings is 1. The summed E-state index contributed by atoms with van der Waals surface area (Å²) in [5.41, 5.74) is 1.47. The number of carbonyl (C=O) groups is 1. The molecule has 1 aromatic heterocycles. The predicted octanol–water partition coefficient (Wildman–Crippen LogP) is 2.02. The van der Waals surface area contributed by atoms with Crippen molar-refractivity contribution in [3.05, 3.63) is 51.1 Å². The molecule has 0 saturated heterocycles. The third-order valence-electron chi connectivity index (χ3n) is 4.04. The van der Waals surface area contributed by atoms with Crippen LogP contribution in [0.3, 0.4) is 0 Å². The summed E-state index contributed by atoms with van der Waals surface area (Å²) in [7, 11) is -3.99. The highest BCUT2D eigenvalue weighted by Gasteiger charge is 2.31. The van der Waals surface area contributed by atoms with E-state index in [0.717, 1.165) is 16.2 Å². The van der Waals surface area contributed by atoms with Gasteiger partial charge in [-0.2, -0.15) is 0 Å². The number of halogens is 1. The molecular formula is C16H17FN2O4S2. The number of rotatable bonds is 5. The molecule has 2 heterocycles. The van der Waals surface area contributed by atoms with Crippen LogP contribution in [0.15, 0.2) is 22.4 Å². The summed E-state index contributed by atoms with van der Waals surface area (Å²) in [6.45, 7) is 2.64. The first-order valence-corrected chi connectivity index (χ1v) is 9.93. The third-order valence-corrected chi connectivity index (χ3v) is 7.19. The van der Waals surface area contributed by atoms with Gasteiger partial charge in [0.15, 0.2) is 0 Å². The topological polar surface area (TPSA) is 95.5 Å². The molecule has 0 radical (unpaired) electrons. The zero-order valence-electron chi connectivity index (χ0n) is 13.4. The van der Waals surface area contributed by atoms with Gasteiger partial charge in [-0.15, -0.1) is 11.3 Å². The summed E-state index contributed by atoms with van der Waals surface area (Å²) in [4.78, 5) is 12.3. The summed E-state index contributed by atoms with van der Waals surface area (Å²) >= 11 is 0.984. The lowest BCUT2D eigenvalue weighted by molar-refractivity contribution is 0.0692. The average molecular weight is 384 g/mol. The SMILES string of the molecule is Cc1cc(CNS(=O)(=O)c2sc3c(c2C(=O)O)CCNC3)ccc1F. The zero-order valence-corrected chi connectivity index (χ0v) is 15.1. The van der Waals surface area contributed by atoms with Crippen LogP contribution in [-0.2, 0) is 29.5 Å². The Hall–Kier alpha value is -1.81. The minimum Gasteiger partial charge on any atom is -0.478 e. The van der Waals surface area contributed by atoms with Gasteiger partial charge in [0, 0.05) is 18.0 Å². The number of fused-ring (bicyclic) bond motifs is 1. The number of thiophene rings is 1. The summed E-state index contributed by atoms with van der Waals surface area (Å²) in [6.07, 6.45) is 0.486. The Morgan fingerprint density at radius 2 is 2.20 bits per heavy atom. The molecule has 134 valence electrons. The molecule has 0 fully saturated rings. The maximum atomic E-state index is 13.3. The van der Waals surface area contributed by atoms with Gasteiger partial charge < -0.3 is 10.4 Å². The predicted molar refractivity (Wildman–Crippen MR) is 91.9 cm³/mol. The molecule has 2 aromatic rings. The maximum absolute atomic E-state index is 13.3. The van der Waals surface area contributed by atoms with Crippen molar-refractivity contribution in [1.29, 1.82) is 0 Å². The number of aromatic carboxylic acids is 1. The quantitative estimate of drug-likeness (QED) is 0.733. The largest absolute Gasteiger partial charge is 0.478 e. The molecule has 9 heteroatoms. The van der Waals surface area contributed by atoms with Gasteiger partial charge >= 0.3 is 5.97 Å². The zero-order chi connectivity index (χ0) is 18.2. The smallest absolute Gasteiger partial charge is 0.338 e. The van der Waals surface area contributed by atoms with Gasteiger partial charge in [-0.05, 0) is 42.6 Å². The number of sulfonamides is 1. The third kappa shape index (κ3) is 3.59. The Balaban J connectivity index is 1.90. The molecule has 1 aliphatic heterocycles. The van der Waals surface area contributed by atoms with Crippen LogP contribution < -0.4 is 10.0 Å². The second kappa shape index (κ2) is 6.83. The Labute approximate surface area is 148 Å². The van der Waals surface area contributed by atoms with E-state index < -0.39 is 16.0 Å². The molecule has 3 rings (SSSR count). The van der Waals surface area contributed by atoms with Crippen LogP contribution in [-0.4, -0.2) is 26.0 Å². The second-order valence-corrected chi connectivity index (χ2v) is 8.87. The van der Waals surface area contributed by atoms with E-state index in [4.69, 9.17) is 0 Å². The van der Waals surface area contributed by atoms with E-state index in [1.807, 2.05) is 0 Å². The van der Waals surface area contributed by atoms with Gasteiger partial charge in [0.05, 0.1) is 5.56 Å². The number of carboxylic acid groups (broad SMARTS) is 1. The Morgan fingerprint density at radius 1 is 1.44 bits per heavy atom. The fraction of sp³-hybridized carbons (Fsp3) is 0.312. The standard InChI is InChI=1S/C16H17FN2O4S2/c1-9-6-10(2-3-12(9)17)7-19-25(22,23)16-14(15(20)21)11-4-5-18-8-13(11)24-16/h2-3,6,18-19H,4-5,7-8H2,1H3,(H,20,21). The monoisotopic (exact) mass is 384 g/mol. The van der Waals surface area contributed by atoms with Crippen LogP contribution >= 0.6 is 11.3 Å². The number of hydrogen-bond acceptors (Lipinski definition) is 5. The number of nitrogens with one attached hydrogen (secondary N) is 2. The van der Waals surface area contributed by atoms with E-state index in [-0.39, 0.29) is 22.1 Å². The number of aryl methyl sites for hydroxylation is 1. The Morgan fingerprint density at radius 3 is 2.88 bits per heavy atom. The molecular weight excluding hydrogens is 367 g/mol. The molecule has 25 heavy (non-hydrogen) atoms. The van der Waals surface area contributed by atoms with Crippen molar-refractivity contribution in [2.24, 2.45) is 0 Å². The van der Waals surface area contributed by atoms with Crippen molar-refractivity contribution in [3.63, 3.8) is 0 Å². The van der Waals surface area contributed by atoms with Gasteiger partial charge in [0.1, 0.15) is 10.0 Å². The first kappa shape index (κ1) is 18.0. The molecule has 3 N–H and O–H groups in total. The van der Waals surface area contributed by atoms with E-state index in [2.05, 4.69) is 10.0 Å². The summed E-state index contributed by atoms with van der Waals surface area (Å²) in [5.74, 6) is -1.60. The number of hydrogen-bond donors (Lipinski definition) is 3. The highest BCUT2D eigenvalue weighted by atomic mass is 32.2. The van der Waals surface area contributed by atoms with Gasteiger partial charge in [-0.1, -0.05) is 12.1 Å². The number of carboxylic acids is 1. The van der Waals surface area contributed by atoms with E-state index >= 15 is 0 Å². The van der Waals surface area contributed by atoms with Crippen molar-refractivity contribution in [2.75, 3.05) is 6.54 Å². The van der Waals surface area contributed by atoms with Crippen LogP contribution in [0.5, 0.6) is 0 Å². The molecule has 1 aromatic carbocycles. The first-order chi connectivity index (χ1) is 11.8. The Kier molecular flexibility index (Phi) is 4.92. The molecule has 0 unspecified atom stereocenters. The average Bonchev–Trinajstić information content (AvgIpc) is 2.97. The highest BCUT2D eigenvalue weighted by molar-refractivity contribution is 7.91. The second-order valence-electron chi connectivity index (χ2n) is 5.81. The minimum absolute atomic E-state index is 0.0384. The van der Waals surface area contributed by atoms with Gasteiger partial charge in [0.25, 0.3) is 10.0 Å². The summed E-state index contributed by atoms with van der Waals surface area (Å²) < 4.78 is 40.8.